The first kappa shape index (κ1) is 26.8. The van der Waals surface area contributed by atoms with Crippen molar-refractivity contribution < 1.29 is 4.79 Å². The molecule has 1 fully saturated rings. The van der Waals surface area contributed by atoms with Gasteiger partial charge < -0.3 is 4.90 Å². The molecule has 0 atom stereocenters. The zero-order valence-corrected chi connectivity index (χ0v) is 24.0. The van der Waals surface area contributed by atoms with Crippen LogP contribution in [0.4, 0.5) is 0 Å². The van der Waals surface area contributed by atoms with Gasteiger partial charge in [0.15, 0.2) is 0 Å². The molecule has 2 aromatic carbocycles. The number of aliphatic imine (C=N–C) groups is 2. The van der Waals surface area contributed by atoms with Crippen LogP contribution in [0.5, 0.6) is 0 Å². The zero-order chi connectivity index (χ0) is 28.3. The first-order valence-corrected chi connectivity index (χ1v) is 14.5. The van der Waals surface area contributed by atoms with Crippen LogP contribution in [0.2, 0.25) is 0 Å². The largest absolute Gasteiger partial charge is 0.339 e. The third-order valence-corrected chi connectivity index (χ3v) is 7.85. The number of aromatic nitrogens is 2. The number of aryl methyl sites for hydroxylation is 3. The SMILES string of the molecule is Cc1ccc(C2=NCc3ccc(C)nc32)cc1.Cc1ccc2c(n1)C(c1cccc(C(=O)N3CCCCC3)c1)=NC2. The van der Waals surface area contributed by atoms with E-state index in [-0.39, 0.29) is 5.91 Å². The van der Waals surface area contributed by atoms with E-state index in [9.17, 15) is 4.79 Å². The van der Waals surface area contributed by atoms with Crippen molar-refractivity contribution in [3.8, 4) is 0 Å². The minimum Gasteiger partial charge on any atom is -0.339 e. The van der Waals surface area contributed by atoms with Crippen LogP contribution in [-0.2, 0) is 13.1 Å². The van der Waals surface area contributed by atoms with Gasteiger partial charge in [-0.2, -0.15) is 0 Å². The fraction of sp³-hybridized carbons (Fsp3) is 0.286. The van der Waals surface area contributed by atoms with E-state index in [1.165, 1.54) is 17.5 Å². The maximum absolute atomic E-state index is 12.7. The van der Waals surface area contributed by atoms with Crippen LogP contribution in [-0.4, -0.2) is 45.3 Å². The van der Waals surface area contributed by atoms with Gasteiger partial charge in [0.2, 0.25) is 0 Å². The number of hydrogen-bond donors (Lipinski definition) is 0. The lowest BCUT2D eigenvalue weighted by Crippen LogP contribution is -2.35. The van der Waals surface area contributed by atoms with Crippen molar-refractivity contribution in [2.24, 2.45) is 9.98 Å². The lowest BCUT2D eigenvalue weighted by atomic mass is 10.0. The van der Waals surface area contributed by atoms with Crippen LogP contribution in [0, 0.1) is 20.8 Å². The van der Waals surface area contributed by atoms with Gasteiger partial charge in [0, 0.05) is 52.3 Å². The number of carbonyl (C=O) groups is 1. The molecule has 0 saturated carbocycles. The van der Waals surface area contributed by atoms with Gasteiger partial charge in [0.05, 0.1) is 35.9 Å². The molecule has 3 aliphatic rings. The molecular formula is C35H35N5O. The van der Waals surface area contributed by atoms with Crippen molar-refractivity contribution in [1.82, 2.24) is 14.9 Å². The summed E-state index contributed by atoms with van der Waals surface area (Å²) in [6.45, 7) is 9.27. The Bertz CT molecular complexity index is 1660. The third-order valence-electron chi connectivity index (χ3n) is 7.85. The monoisotopic (exact) mass is 541 g/mol. The van der Waals surface area contributed by atoms with Gasteiger partial charge in [-0.3, -0.25) is 24.7 Å². The number of hydrogen-bond acceptors (Lipinski definition) is 5. The van der Waals surface area contributed by atoms with E-state index in [2.05, 4.69) is 63.3 Å². The van der Waals surface area contributed by atoms with Crippen molar-refractivity contribution in [2.75, 3.05) is 13.1 Å². The Balaban J connectivity index is 0.000000156. The van der Waals surface area contributed by atoms with E-state index in [1.54, 1.807) is 0 Å². The van der Waals surface area contributed by atoms with E-state index < -0.39 is 0 Å². The van der Waals surface area contributed by atoms with E-state index in [0.717, 1.165) is 88.9 Å². The predicted molar refractivity (Wildman–Crippen MR) is 164 cm³/mol. The third kappa shape index (κ3) is 5.73. The fourth-order valence-corrected chi connectivity index (χ4v) is 5.56. The van der Waals surface area contributed by atoms with Crippen molar-refractivity contribution in [3.63, 3.8) is 0 Å². The standard InChI is InChI=1S/C20H21N3O.C15H14N2/c1-14-8-9-17-13-21-18(19(17)22-14)15-6-5-7-16(12-15)20(24)23-10-3-2-4-11-23;1-10-3-6-12(7-4-10)14-15-13(9-16-14)8-5-11(2)17-15/h5-9,12H,2-4,10-11,13H2,1H3;3-8H,9H2,1-2H3. The Hall–Kier alpha value is -4.45. The van der Waals surface area contributed by atoms with Crippen LogP contribution in [0.1, 0.15) is 80.2 Å². The second-order valence-electron chi connectivity index (χ2n) is 11.1. The maximum atomic E-state index is 12.7. The molecule has 6 nitrogen and oxygen atoms in total. The summed E-state index contributed by atoms with van der Waals surface area (Å²) in [6, 6.07) is 24.6. The van der Waals surface area contributed by atoms with Crippen molar-refractivity contribution >= 4 is 17.3 Å². The highest BCUT2D eigenvalue weighted by Crippen LogP contribution is 2.24. The molecule has 4 aromatic rings. The van der Waals surface area contributed by atoms with E-state index in [0.29, 0.717) is 6.54 Å². The highest BCUT2D eigenvalue weighted by molar-refractivity contribution is 6.15. The summed E-state index contributed by atoms with van der Waals surface area (Å²) in [5.74, 6) is 0.132. The van der Waals surface area contributed by atoms with Gasteiger partial charge in [0.1, 0.15) is 0 Å². The molecule has 0 radical (unpaired) electrons. The van der Waals surface area contributed by atoms with E-state index >= 15 is 0 Å². The number of likely N-dealkylation sites (tertiary alicyclic amines) is 1. The van der Waals surface area contributed by atoms with Crippen LogP contribution in [0.3, 0.4) is 0 Å². The number of nitrogens with zero attached hydrogens (tertiary/aromatic N) is 5. The van der Waals surface area contributed by atoms with Gasteiger partial charge >= 0.3 is 0 Å². The summed E-state index contributed by atoms with van der Waals surface area (Å²) in [5, 5.41) is 0. The van der Waals surface area contributed by atoms with Crippen molar-refractivity contribution in [2.45, 2.75) is 53.1 Å². The molecule has 0 N–H and O–H groups in total. The number of benzene rings is 2. The average molecular weight is 542 g/mol. The van der Waals surface area contributed by atoms with Crippen LogP contribution in [0.25, 0.3) is 0 Å². The summed E-state index contributed by atoms with van der Waals surface area (Å²) in [4.78, 5) is 33.2. The molecule has 1 amide bonds. The van der Waals surface area contributed by atoms with Crippen LogP contribution in [0.15, 0.2) is 82.8 Å². The van der Waals surface area contributed by atoms with Crippen LogP contribution < -0.4 is 0 Å². The van der Waals surface area contributed by atoms with Gasteiger partial charge in [-0.15, -0.1) is 0 Å². The molecule has 0 aliphatic carbocycles. The number of amides is 1. The summed E-state index contributed by atoms with van der Waals surface area (Å²) in [5.41, 5.74) is 12.5. The lowest BCUT2D eigenvalue weighted by Gasteiger charge is -2.26. The second kappa shape index (κ2) is 11.6. The molecule has 1 saturated heterocycles. The number of fused-ring (bicyclic) bond motifs is 2. The number of piperidine rings is 1. The molecule has 41 heavy (non-hydrogen) atoms. The number of carbonyl (C=O) groups excluding carboxylic acids is 1. The Morgan fingerprint density at radius 3 is 1.85 bits per heavy atom. The van der Waals surface area contributed by atoms with E-state index in [1.807, 2.05) is 55.1 Å². The molecule has 0 bridgehead atoms. The minimum atomic E-state index is 0.132. The van der Waals surface area contributed by atoms with Gasteiger partial charge in [-0.25, -0.2) is 0 Å². The zero-order valence-electron chi connectivity index (χ0n) is 24.0. The maximum Gasteiger partial charge on any atom is 0.253 e. The number of pyridine rings is 2. The van der Waals surface area contributed by atoms with E-state index in [4.69, 9.17) is 0 Å². The highest BCUT2D eigenvalue weighted by Gasteiger charge is 2.22. The molecular weight excluding hydrogens is 506 g/mol. The quantitative estimate of drug-likeness (QED) is 0.301. The molecule has 5 heterocycles. The molecule has 7 rings (SSSR count). The molecule has 206 valence electrons. The first-order valence-electron chi connectivity index (χ1n) is 14.5. The van der Waals surface area contributed by atoms with Crippen molar-refractivity contribution in [3.05, 3.63) is 129 Å². The Morgan fingerprint density at radius 2 is 1.24 bits per heavy atom. The minimum absolute atomic E-state index is 0.132. The van der Waals surface area contributed by atoms with Gasteiger partial charge in [-0.1, -0.05) is 54.1 Å². The highest BCUT2D eigenvalue weighted by atomic mass is 16.2. The summed E-state index contributed by atoms with van der Waals surface area (Å²) < 4.78 is 0. The topological polar surface area (TPSA) is 70.8 Å². The molecule has 0 spiro atoms. The Morgan fingerprint density at radius 1 is 0.659 bits per heavy atom. The number of rotatable bonds is 3. The molecule has 0 unspecified atom stereocenters. The summed E-state index contributed by atoms with van der Waals surface area (Å²) in [7, 11) is 0. The first-order chi connectivity index (χ1) is 20.0. The lowest BCUT2D eigenvalue weighted by molar-refractivity contribution is 0.0724. The van der Waals surface area contributed by atoms with Gasteiger partial charge in [-0.05, 0) is 64.3 Å². The Labute approximate surface area is 241 Å². The second-order valence-corrected chi connectivity index (χ2v) is 11.1. The fourth-order valence-electron chi connectivity index (χ4n) is 5.56. The summed E-state index contributed by atoms with van der Waals surface area (Å²) >= 11 is 0. The normalized spacial score (nSPS) is 15.3. The van der Waals surface area contributed by atoms with Crippen molar-refractivity contribution in [1.29, 1.82) is 0 Å². The molecule has 6 heteroatoms. The molecule has 3 aliphatic heterocycles. The Kier molecular flexibility index (Phi) is 7.55. The molecule has 2 aromatic heterocycles. The summed E-state index contributed by atoms with van der Waals surface area (Å²) in [6.07, 6.45) is 3.44. The van der Waals surface area contributed by atoms with Gasteiger partial charge in [0.25, 0.3) is 5.91 Å². The predicted octanol–water partition coefficient (Wildman–Crippen LogP) is 6.42. The van der Waals surface area contributed by atoms with Crippen LogP contribution >= 0.6 is 0 Å². The average Bonchev–Trinajstić information content (AvgIpc) is 3.62. The smallest absolute Gasteiger partial charge is 0.253 e.